The van der Waals surface area contributed by atoms with Crippen molar-refractivity contribution in [2.75, 3.05) is 0 Å². The van der Waals surface area contributed by atoms with Crippen molar-refractivity contribution in [1.82, 2.24) is 0 Å². The summed E-state index contributed by atoms with van der Waals surface area (Å²) >= 11 is 1.54. The van der Waals surface area contributed by atoms with E-state index in [-0.39, 0.29) is 0 Å². The predicted molar refractivity (Wildman–Crippen MR) is 86.0 cm³/mol. The first-order valence-electron chi connectivity index (χ1n) is 5.88. The Morgan fingerprint density at radius 1 is 1.20 bits per heavy atom. The Kier molecular flexibility index (Phi) is 5.59. The SMILES string of the molecule is C=C(/C=C(/F)C(=C)F)C(=C)/C=c1/sc(/C=C/C)cc1=C. The van der Waals surface area contributed by atoms with E-state index in [1.54, 1.807) is 17.4 Å². The van der Waals surface area contributed by atoms with Crippen molar-refractivity contribution in [2.24, 2.45) is 0 Å². The molecular weight excluding hydrogens is 274 g/mol. The standard InChI is InChI=1S/C17H16F2S/c1-6-7-15-8-13(4)17(20-15)10-12(3)11(2)9-16(19)14(5)18/h6-10H,2-5H2,1H3/b7-6+,16-9+,17-10+. The molecule has 0 N–H and O–H groups in total. The molecular formula is C17H16F2S. The molecule has 0 fully saturated rings. The summed E-state index contributed by atoms with van der Waals surface area (Å²) in [5.41, 5.74) is 0.793. The van der Waals surface area contributed by atoms with Crippen molar-refractivity contribution < 1.29 is 8.78 Å². The summed E-state index contributed by atoms with van der Waals surface area (Å²) in [6, 6.07) is 1.95. The van der Waals surface area contributed by atoms with E-state index >= 15 is 0 Å². The van der Waals surface area contributed by atoms with Crippen LogP contribution in [0, 0.1) is 0 Å². The first kappa shape index (κ1) is 16.1. The normalized spacial score (nSPS) is 12.9. The third-order valence-corrected chi connectivity index (χ3v) is 3.56. The van der Waals surface area contributed by atoms with Gasteiger partial charge in [-0.25, -0.2) is 8.78 Å². The molecule has 0 aliphatic carbocycles. The first-order chi connectivity index (χ1) is 9.35. The number of hydrogen-bond donors (Lipinski definition) is 0. The van der Waals surface area contributed by atoms with Gasteiger partial charge in [-0.15, -0.1) is 11.3 Å². The quantitative estimate of drug-likeness (QED) is 0.704. The Hall–Kier alpha value is -2.00. The number of hydrogen-bond acceptors (Lipinski definition) is 1. The highest BCUT2D eigenvalue weighted by molar-refractivity contribution is 7.10. The molecule has 3 heteroatoms. The molecule has 0 nitrogen and oxygen atoms in total. The lowest BCUT2D eigenvalue weighted by Crippen LogP contribution is -2.15. The summed E-state index contributed by atoms with van der Waals surface area (Å²) in [7, 11) is 0. The number of halogens is 2. The van der Waals surface area contributed by atoms with Gasteiger partial charge in [0.05, 0.1) is 0 Å². The number of rotatable bonds is 5. The van der Waals surface area contributed by atoms with Gasteiger partial charge in [0.2, 0.25) is 0 Å². The van der Waals surface area contributed by atoms with Gasteiger partial charge in [-0.05, 0) is 47.6 Å². The van der Waals surface area contributed by atoms with Crippen molar-refractivity contribution in [2.45, 2.75) is 6.92 Å². The second kappa shape index (κ2) is 6.96. The lowest BCUT2D eigenvalue weighted by molar-refractivity contribution is 0.547. The highest BCUT2D eigenvalue weighted by Crippen LogP contribution is 2.17. The zero-order chi connectivity index (χ0) is 15.3. The molecule has 0 bridgehead atoms. The summed E-state index contributed by atoms with van der Waals surface area (Å²) in [5.74, 6) is -2.16. The summed E-state index contributed by atoms with van der Waals surface area (Å²) in [5, 5.41) is 0.858. The van der Waals surface area contributed by atoms with Crippen LogP contribution in [-0.4, -0.2) is 0 Å². The monoisotopic (exact) mass is 290 g/mol. The topological polar surface area (TPSA) is 0 Å². The molecule has 0 amide bonds. The molecule has 0 atom stereocenters. The second-order valence-electron chi connectivity index (χ2n) is 4.13. The minimum absolute atomic E-state index is 0.293. The Labute approximate surface area is 121 Å². The van der Waals surface area contributed by atoms with Crippen LogP contribution in [0.1, 0.15) is 11.8 Å². The van der Waals surface area contributed by atoms with Crippen LogP contribution in [0.2, 0.25) is 0 Å². The van der Waals surface area contributed by atoms with Crippen molar-refractivity contribution in [3.8, 4) is 0 Å². The Morgan fingerprint density at radius 3 is 2.40 bits per heavy atom. The van der Waals surface area contributed by atoms with Gasteiger partial charge >= 0.3 is 0 Å². The fourth-order valence-electron chi connectivity index (χ4n) is 1.41. The predicted octanol–water partition coefficient (Wildman–Crippen LogP) is 4.42. The molecule has 0 aromatic carbocycles. The van der Waals surface area contributed by atoms with E-state index in [0.717, 1.165) is 20.7 Å². The minimum Gasteiger partial charge on any atom is -0.204 e. The smallest absolute Gasteiger partial charge is 0.158 e. The molecule has 0 aliphatic heterocycles. The van der Waals surface area contributed by atoms with E-state index in [4.69, 9.17) is 0 Å². The Bertz CT molecular complexity index is 715. The molecule has 1 heterocycles. The maximum absolute atomic E-state index is 13.1. The molecule has 0 spiro atoms. The van der Waals surface area contributed by atoms with E-state index < -0.39 is 11.7 Å². The van der Waals surface area contributed by atoms with Crippen molar-refractivity contribution in [1.29, 1.82) is 0 Å². The van der Waals surface area contributed by atoms with Gasteiger partial charge in [0, 0.05) is 9.41 Å². The largest absolute Gasteiger partial charge is 0.204 e. The van der Waals surface area contributed by atoms with Crippen LogP contribution in [0.4, 0.5) is 8.78 Å². The highest BCUT2D eigenvalue weighted by Gasteiger charge is 2.02. The molecule has 0 saturated heterocycles. The van der Waals surface area contributed by atoms with Gasteiger partial charge in [-0.3, -0.25) is 0 Å². The van der Waals surface area contributed by atoms with E-state index in [0.29, 0.717) is 11.1 Å². The van der Waals surface area contributed by atoms with Crippen LogP contribution in [-0.2, 0) is 0 Å². The third-order valence-electron chi connectivity index (χ3n) is 2.47. The van der Waals surface area contributed by atoms with Crippen LogP contribution in [0.3, 0.4) is 0 Å². The molecule has 1 aromatic heterocycles. The summed E-state index contributed by atoms with van der Waals surface area (Å²) in [6.07, 6.45) is 6.65. The molecule has 1 rings (SSSR count). The molecule has 0 saturated carbocycles. The van der Waals surface area contributed by atoms with Crippen molar-refractivity contribution in [3.05, 3.63) is 75.4 Å². The number of thiophene rings is 1. The maximum atomic E-state index is 13.1. The molecule has 1 aromatic rings. The van der Waals surface area contributed by atoms with Gasteiger partial charge in [-0.2, -0.15) is 0 Å². The van der Waals surface area contributed by atoms with Crippen LogP contribution >= 0.6 is 11.3 Å². The summed E-state index contributed by atoms with van der Waals surface area (Å²) in [6.45, 7) is 16.2. The molecule has 0 radical (unpaired) electrons. The fourth-order valence-corrected chi connectivity index (χ4v) is 2.46. The van der Waals surface area contributed by atoms with Crippen LogP contribution < -0.4 is 9.75 Å². The molecule has 0 unspecified atom stereocenters. The van der Waals surface area contributed by atoms with Gasteiger partial charge in [0.25, 0.3) is 0 Å². The van der Waals surface area contributed by atoms with Crippen LogP contribution in [0.5, 0.6) is 0 Å². The Morgan fingerprint density at radius 2 is 1.85 bits per heavy atom. The lowest BCUT2D eigenvalue weighted by atomic mass is 10.1. The number of allylic oxidation sites excluding steroid dienone is 6. The average Bonchev–Trinajstić information content (AvgIpc) is 2.69. The molecule has 20 heavy (non-hydrogen) atoms. The van der Waals surface area contributed by atoms with Gasteiger partial charge < -0.3 is 0 Å². The van der Waals surface area contributed by atoms with Gasteiger partial charge in [-0.1, -0.05) is 32.4 Å². The van der Waals surface area contributed by atoms with Crippen LogP contribution in [0.25, 0.3) is 18.7 Å². The van der Waals surface area contributed by atoms with E-state index in [1.165, 1.54) is 0 Å². The summed E-state index contributed by atoms with van der Waals surface area (Å²) in [4.78, 5) is 1.07. The Balaban J connectivity index is 3.09. The van der Waals surface area contributed by atoms with Crippen LogP contribution in [0.15, 0.2) is 60.8 Å². The minimum atomic E-state index is -1.12. The highest BCUT2D eigenvalue weighted by atomic mass is 32.1. The zero-order valence-electron chi connectivity index (χ0n) is 11.4. The third kappa shape index (κ3) is 4.28. The van der Waals surface area contributed by atoms with E-state index in [1.807, 2.05) is 25.1 Å². The lowest BCUT2D eigenvalue weighted by Gasteiger charge is -1.99. The second-order valence-corrected chi connectivity index (χ2v) is 5.25. The maximum Gasteiger partial charge on any atom is 0.158 e. The van der Waals surface area contributed by atoms with Gasteiger partial charge in [0.1, 0.15) is 0 Å². The van der Waals surface area contributed by atoms with E-state index in [9.17, 15) is 8.78 Å². The first-order valence-corrected chi connectivity index (χ1v) is 6.70. The van der Waals surface area contributed by atoms with Crippen molar-refractivity contribution in [3.63, 3.8) is 0 Å². The van der Waals surface area contributed by atoms with Gasteiger partial charge in [0.15, 0.2) is 11.7 Å². The molecule has 0 aliphatic rings. The summed E-state index contributed by atoms with van der Waals surface area (Å²) < 4.78 is 26.6. The van der Waals surface area contributed by atoms with E-state index in [2.05, 4.69) is 26.3 Å². The van der Waals surface area contributed by atoms with Crippen molar-refractivity contribution >= 4 is 30.1 Å². The fraction of sp³-hybridized carbons (Fsp3) is 0.0588. The average molecular weight is 290 g/mol. The molecule has 104 valence electrons. The zero-order valence-corrected chi connectivity index (χ0v) is 12.2.